The molecule has 0 saturated heterocycles. The van der Waals surface area contributed by atoms with Crippen LogP contribution in [0.15, 0.2) is 40.4 Å². The summed E-state index contributed by atoms with van der Waals surface area (Å²) < 4.78 is 26.9. The van der Waals surface area contributed by atoms with Gasteiger partial charge in [0.2, 0.25) is 10.0 Å². The number of aliphatic imine (C=N–C) groups is 1. The number of sulfonamides is 1. The van der Waals surface area contributed by atoms with Crippen molar-refractivity contribution in [3.63, 3.8) is 0 Å². The number of aromatic nitrogens is 1. The molecule has 0 aliphatic carbocycles. The molecule has 28 heavy (non-hydrogen) atoms. The highest BCUT2D eigenvalue weighted by Crippen LogP contribution is 2.15. The number of aryl methyl sites for hydroxylation is 1. The SMILES string of the molecule is CCc1cnc(CCNC(=NC)NCCNS(=O)(=O)c2cccc(Cl)c2)s1.I. The summed E-state index contributed by atoms with van der Waals surface area (Å²) in [6, 6.07) is 6.16. The third-order valence-corrected chi connectivity index (χ3v) is 6.52. The number of guanidine groups is 1. The van der Waals surface area contributed by atoms with Gasteiger partial charge in [-0.05, 0) is 24.6 Å². The second-order valence-corrected chi connectivity index (χ2v) is 9.01. The Morgan fingerprint density at radius 2 is 2.00 bits per heavy atom. The minimum absolute atomic E-state index is 0. The zero-order valence-electron chi connectivity index (χ0n) is 15.7. The predicted molar refractivity (Wildman–Crippen MR) is 127 cm³/mol. The maximum Gasteiger partial charge on any atom is 0.240 e. The molecule has 2 rings (SSSR count). The first kappa shape index (κ1) is 25.1. The fraction of sp³-hybridized carbons (Fsp3) is 0.412. The highest BCUT2D eigenvalue weighted by atomic mass is 127. The molecule has 11 heteroatoms. The number of nitrogens with zero attached hydrogens (tertiary/aromatic N) is 2. The van der Waals surface area contributed by atoms with Crippen LogP contribution in [0.1, 0.15) is 16.8 Å². The Hall–Kier alpha value is -0.950. The molecule has 0 atom stereocenters. The highest BCUT2D eigenvalue weighted by molar-refractivity contribution is 14.0. The Bertz CT molecular complexity index is 874. The summed E-state index contributed by atoms with van der Waals surface area (Å²) in [6.07, 6.45) is 3.73. The smallest absolute Gasteiger partial charge is 0.240 e. The monoisotopic (exact) mass is 557 g/mol. The van der Waals surface area contributed by atoms with Crippen molar-refractivity contribution in [1.82, 2.24) is 20.3 Å². The number of benzene rings is 1. The number of hydrogen-bond acceptors (Lipinski definition) is 5. The Kier molecular flexibility index (Phi) is 11.3. The minimum Gasteiger partial charge on any atom is -0.356 e. The van der Waals surface area contributed by atoms with Gasteiger partial charge in [-0.25, -0.2) is 18.1 Å². The molecule has 0 unspecified atom stereocenters. The summed E-state index contributed by atoms with van der Waals surface area (Å²) in [5, 5.41) is 7.74. The van der Waals surface area contributed by atoms with Gasteiger partial charge in [0, 0.05) is 49.2 Å². The summed E-state index contributed by atoms with van der Waals surface area (Å²) in [5.41, 5.74) is 0. The molecular formula is C17H25ClIN5O2S2. The number of hydrogen-bond donors (Lipinski definition) is 3. The van der Waals surface area contributed by atoms with E-state index in [2.05, 4.69) is 32.3 Å². The van der Waals surface area contributed by atoms with Crippen molar-refractivity contribution in [1.29, 1.82) is 0 Å². The number of halogens is 2. The summed E-state index contributed by atoms with van der Waals surface area (Å²) >= 11 is 7.56. The van der Waals surface area contributed by atoms with Gasteiger partial charge in [-0.2, -0.15) is 0 Å². The molecule has 0 radical (unpaired) electrons. The van der Waals surface area contributed by atoms with Gasteiger partial charge in [0.15, 0.2) is 5.96 Å². The van der Waals surface area contributed by atoms with Crippen LogP contribution in [0.5, 0.6) is 0 Å². The topological polar surface area (TPSA) is 95.5 Å². The molecule has 0 spiro atoms. The van der Waals surface area contributed by atoms with Crippen LogP contribution in [0, 0.1) is 0 Å². The lowest BCUT2D eigenvalue weighted by Gasteiger charge is -2.12. The third kappa shape index (κ3) is 8.19. The number of rotatable bonds is 9. The standard InChI is InChI=1S/C17H24ClN5O2S2.HI/c1-3-14-12-22-16(26-14)7-8-20-17(19-2)21-9-10-23-27(24,25)15-6-4-5-13(18)11-15;/h4-6,11-12,23H,3,7-10H2,1-2H3,(H2,19,20,21);1H. The molecular weight excluding hydrogens is 533 g/mol. The van der Waals surface area contributed by atoms with E-state index < -0.39 is 10.0 Å². The largest absolute Gasteiger partial charge is 0.356 e. The molecule has 1 aromatic carbocycles. The second kappa shape index (κ2) is 12.6. The van der Waals surface area contributed by atoms with Crippen LogP contribution in [0.2, 0.25) is 5.02 Å². The van der Waals surface area contributed by atoms with Gasteiger partial charge >= 0.3 is 0 Å². The summed E-state index contributed by atoms with van der Waals surface area (Å²) in [7, 11) is -1.91. The first-order chi connectivity index (χ1) is 12.9. The van der Waals surface area contributed by atoms with E-state index in [4.69, 9.17) is 11.6 Å². The van der Waals surface area contributed by atoms with Crippen LogP contribution in [0.4, 0.5) is 0 Å². The van der Waals surface area contributed by atoms with Gasteiger partial charge < -0.3 is 10.6 Å². The van der Waals surface area contributed by atoms with Crippen LogP contribution in [0.25, 0.3) is 0 Å². The first-order valence-corrected chi connectivity index (χ1v) is 11.3. The molecule has 0 amide bonds. The fourth-order valence-electron chi connectivity index (χ4n) is 2.22. The molecule has 3 N–H and O–H groups in total. The molecule has 2 aromatic rings. The van der Waals surface area contributed by atoms with E-state index in [-0.39, 0.29) is 35.4 Å². The predicted octanol–water partition coefficient (Wildman–Crippen LogP) is 2.66. The maximum absolute atomic E-state index is 12.2. The quantitative estimate of drug-likeness (QED) is 0.191. The molecule has 1 aromatic heterocycles. The first-order valence-electron chi connectivity index (χ1n) is 8.58. The summed E-state index contributed by atoms with van der Waals surface area (Å²) in [4.78, 5) is 9.93. The zero-order valence-corrected chi connectivity index (χ0v) is 20.5. The van der Waals surface area contributed by atoms with E-state index in [1.807, 2.05) is 6.20 Å². The van der Waals surface area contributed by atoms with Crippen LogP contribution in [-0.2, 0) is 22.9 Å². The van der Waals surface area contributed by atoms with Crippen LogP contribution in [-0.4, -0.2) is 46.0 Å². The lowest BCUT2D eigenvalue weighted by molar-refractivity contribution is 0.580. The molecule has 0 fully saturated rings. The Labute approximate surface area is 192 Å². The summed E-state index contributed by atoms with van der Waals surface area (Å²) in [5.74, 6) is 0.615. The van der Waals surface area contributed by atoms with Crippen molar-refractivity contribution >= 4 is 62.9 Å². The molecule has 156 valence electrons. The molecule has 0 bridgehead atoms. The van der Waals surface area contributed by atoms with E-state index in [9.17, 15) is 8.42 Å². The van der Waals surface area contributed by atoms with Crippen LogP contribution >= 0.6 is 46.9 Å². The minimum atomic E-state index is -3.58. The van der Waals surface area contributed by atoms with E-state index >= 15 is 0 Å². The Morgan fingerprint density at radius 1 is 1.25 bits per heavy atom. The number of nitrogens with one attached hydrogen (secondary N) is 3. The second-order valence-electron chi connectivity index (χ2n) is 5.60. The maximum atomic E-state index is 12.2. The van der Waals surface area contributed by atoms with Gasteiger partial charge in [-0.3, -0.25) is 4.99 Å². The van der Waals surface area contributed by atoms with Gasteiger partial charge in [0.1, 0.15) is 0 Å². The fourth-order valence-corrected chi connectivity index (χ4v) is 4.41. The van der Waals surface area contributed by atoms with Crippen molar-refractivity contribution < 1.29 is 8.42 Å². The molecule has 1 heterocycles. The lowest BCUT2D eigenvalue weighted by atomic mass is 10.4. The van der Waals surface area contributed by atoms with Crippen molar-refractivity contribution in [2.45, 2.75) is 24.7 Å². The zero-order chi connectivity index (χ0) is 19.7. The van der Waals surface area contributed by atoms with Crippen molar-refractivity contribution in [2.24, 2.45) is 4.99 Å². The Balaban J connectivity index is 0.00000392. The number of thiazole rings is 1. The van der Waals surface area contributed by atoms with Gasteiger partial charge in [0.25, 0.3) is 0 Å². The van der Waals surface area contributed by atoms with Crippen molar-refractivity contribution in [3.8, 4) is 0 Å². The molecule has 0 aliphatic rings. The Morgan fingerprint density at radius 3 is 2.64 bits per heavy atom. The lowest BCUT2D eigenvalue weighted by Crippen LogP contribution is -2.42. The van der Waals surface area contributed by atoms with Crippen LogP contribution in [0.3, 0.4) is 0 Å². The molecule has 0 saturated carbocycles. The van der Waals surface area contributed by atoms with E-state index in [0.717, 1.165) is 17.8 Å². The average molecular weight is 558 g/mol. The molecule has 7 nitrogen and oxygen atoms in total. The average Bonchev–Trinajstić information content (AvgIpc) is 3.11. The van der Waals surface area contributed by atoms with Gasteiger partial charge in [-0.15, -0.1) is 35.3 Å². The third-order valence-electron chi connectivity index (χ3n) is 3.62. The van der Waals surface area contributed by atoms with E-state index in [1.54, 1.807) is 30.5 Å². The van der Waals surface area contributed by atoms with E-state index in [1.165, 1.54) is 17.0 Å². The molecule has 0 aliphatic heterocycles. The normalized spacial score (nSPS) is 11.8. The van der Waals surface area contributed by atoms with Crippen LogP contribution < -0.4 is 15.4 Å². The summed E-state index contributed by atoms with van der Waals surface area (Å²) in [6.45, 7) is 3.44. The highest BCUT2D eigenvalue weighted by Gasteiger charge is 2.13. The van der Waals surface area contributed by atoms with Crippen molar-refractivity contribution in [3.05, 3.63) is 45.4 Å². The van der Waals surface area contributed by atoms with E-state index in [0.29, 0.717) is 24.1 Å². The van der Waals surface area contributed by atoms with Crippen molar-refractivity contribution in [2.75, 3.05) is 26.7 Å². The van der Waals surface area contributed by atoms with Gasteiger partial charge in [-0.1, -0.05) is 24.6 Å². The van der Waals surface area contributed by atoms with Gasteiger partial charge in [0.05, 0.1) is 9.90 Å².